The van der Waals surface area contributed by atoms with E-state index in [0.717, 1.165) is 34.0 Å². The zero-order valence-electron chi connectivity index (χ0n) is 21.2. The SMILES string of the molecule is Cc1cc(N2C(=S)N[C@H](c3ccccn3)[C@@H]2c2cccn2-c2ccc(F)c(Cl)c2)ccc1NC(=O)C(C)C. The van der Waals surface area contributed by atoms with Gasteiger partial charge in [-0.05, 0) is 85.4 Å². The monoisotopic (exact) mass is 547 g/mol. The second kappa shape index (κ2) is 10.6. The van der Waals surface area contributed by atoms with E-state index in [1.54, 1.807) is 18.3 Å². The Hall–Kier alpha value is -3.75. The Morgan fingerprint density at radius 3 is 2.58 bits per heavy atom. The second-order valence-electron chi connectivity index (χ2n) is 9.54. The molecule has 0 saturated carbocycles. The summed E-state index contributed by atoms with van der Waals surface area (Å²) in [5, 5.41) is 7.05. The van der Waals surface area contributed by atoms with E-state index in [9.17, 15) is 9.18 Å². The van der Waals surface area contributed by atoms with Crippen LogP contribution < -0.4 is 15.5 Å². The van der Waals surface area contributed by atoms with Gasteiger partial charge in [-0.15, -0.1) is 0 Å². The number of pyridine rings is 1. The molecule has 38 heavy (non-hydrogen) atoms. The fourth-order valence-electron chi connectivity index (χ4n) is 4.65. The number of anilines is 2. The van der Waals surface area contributed by atoms with Crippen LogP contribution >= 0.6 is 23.8 Å². The smallest absolute Gasteiger partial charge is 0.226 e. The van der Waals surface area contributed by atoms with Gasteiger partial charge in [0, 0.05) is 41.1 Å². The molecular formula is C29H27ClFN5OS. The lowest BCUT2D eigenvalue weighted by molar-refractivity contribution is -0.118. The number of hydrogen-bond acceptors (Lipinski definition) is 3. The van der Waals surface area contributed by atoms with Crippen LogP contribution in [-0.4, -0.2) is 20.6 Å². The van der Waals surface area contributed by atoms with Crippen LogP contribution in [0.2, 0.25) is 5.02 Å². The van der Waals surface area contributed by atoms with E-state index in [0.29, 0.717) is 5.11 Å². The highest BCUT2D eigenvalue weighted by Crippen LogP contribution is 2.43. The van der Waals surface area contributed by atoms with Gasteiger partial charge in [0.2, 0.25) is 5.91 Å². The molecule has 1 fully saturated rings. The summed E-state index contributed by atoms with van der Waals surface area (Å²) in [5.74, 6) is -0.635. The molecule has 1 amide bonds. The first kappa shape index (κ1) is 25.9. The van der Waals surface area contributed by atoms with Gasteiger partial charge < -0.3 is 20.1 Å². The molecule has 0 aliphatic carbocycles. The Morgan fingerprint density at radius 2 is 1.89 bits per heavy atom. The minimum Gasteiger partial charge on any atom is -0.351 e. The van der Waals surface area contributed by atoms with Crippen molar-refractivity contribution in [3.63, 3.8) is 0 Å². The molecule has 1 aliphatic heterocycles. The maximum absolute atomic E-state index is 13.9. The number of aryl methyl sites for hydroxylation is 1. The quantitative estimate of drug-likeness (QED) is 0.262. The van der Waals surface area contributed by atoms with Crippen LogP contribution in [0.5, 0.6) is 0 Å². The number of carbonyl (C=O) groups excluding carboxylic acids is 1. The first-order valence-electron chi connectivity index (χ1n) is 12.3. The van der Waals surface area contributed by atoms with E-state index in [2.05, 4.69) is 20.5 Å². The Labute approximate surface area is 231 Å². The van der Waals surface area contributed by atoms with E-state index in [-0.39, 0.29) is 28.9 Å². The minimum atomic E-state index is -0.471. The van der Waals surface area contributed by atoms with Crippen molar-refractivity contribution >= 4 is 46.2 Å². The molecule has 0 unspecified atom stereocenters. The van der Waals surface area contributed by atoms with Crippen molar-refractivity contribution in [3.8, 4) is 5.69 Å². The Morgan fingerprint density at radius 1 is 1.11 bits per heavy atom. The van der Waals surface area contributed by atoms with Crippen LogP contribution in [0.1, 0.15) is 42.9 Å². The zero-order valence-corrected chi connectivity index (χ0v) is 22.7. The number of hydrogen-bond donors (Lipinski definition) is 2. The summed E-state index contributed by atoms with van der Waals surface area (Å²) < 4.78 is 15.9. The van der Waals surface area contributed by atoms with Crippen LogP contribution in [-0.2, 0) is 4.79 Å². The van der Waals surface area contributed by atoms with Crippen molar-refractivity contribution < 1.29 is 9.18 Å². The largest absolute Gasteiger partial charge is 0.351 e. The topological polar surface area (TPSA) is 62.2 Å². The van der Waals surface area contributed by atoms with Crippen LogP contribution in [0.25, 0.3) is 5.69 Å². The van der Waals surface area contributed by atoms with Gasteiger partial charge in [-0.2, -0.15) is 0 Å². The first-order chi connectivity index (χ1) is 18.2. The third-order valence-electron chi connectivity index (χ3n) is 6.63. The number of carbonyl (C=O) groups is 1. The van der Waals surface area contributed by atoms with Gasteiger partial charge in [-0.1, -0.05) is 31.5 Å². The molecule has 2 N–H and O–H groups in total. The normalized spacial score (nSPS) is 17.1. The van der Waals surface area contributed by atoms with Gasteiger partial charge in [0.05, 0.1) is 16.8 Å². The number of halogens is 2. The van der Waals surface area contributed by atoms with Crippen molar-refractivity contribution in [2.24, 2.45) is 5.92 Å². The molecule has 1 aliphatic rings. The molecule has 6 nitrogen and oxygen atoms in total. The minimum absolute atomic E-state index is 0.0388. The molecule has 3 heterocycles. The van der Waals surface area contributed by atoms with Crippen molar-refractivity contribution in [1.29, 1.82) is 0 Å². The van der Waals surface area contributed by atoms with E-state index < -0.39 is 5.82 Å². The summed E-state index contributed by atoms with van der Waals surface area (Å²) in [6, 6.07) is 19.7. The molecule has 0 spiro atoms. The number of thiocarbonyl (C=S) groups is 1. The Kier molecular flexibility index (Phi) is 7.19. The third kappa shape index (κ3) is 4.89. The lowest BCUT2D eigenvalue weighted by atomic mass is 10.00. The van der Waals surface area contributed by atoms with Gasteiger partial charge >= 0.3 is 0 Å². The van der Waals surface area contributed by atoms with Crippen LogP contribution in [0.3, 0.4) is 0 Å². The summed E-state index contributed by atoms with van der Waals surface area (Å²) >= 11 is 12.0. The lowest BCUT2D eigenvalue weighted by Gasteiger charge is -2.29. The van der Waals surface area contributed by atoms with Crippen molar-refractivity contribution in [2.45, 2.75) is 32.9 Å². The molecule has 9 heteroatoms. The third-order valence-corrected chi connectivity index (χ3v) is 7.24. The van der Waals surface area contributed by atoms with Crippen molar-refractivity contribution in [2.75, 3.05) is 10.2 Å². The van der Waals surface area contributed by atoms with Crippen LogP contribution in [0, 0.1) is 18.7 Å². The molecule has 0 radical (unpaired) electrons. The van der Waals surface area contributed by atoms with Gasteiger partial charge in [0.25, 0.3) is 0 Å². The fourth-order valence-corrected chi connectivity index (χ4v) is 5.17. The van der Waals surface area contributed by atoms with E-state index in [4.69, 9.17) is 23.8 Å². The van der Waals surface area contributed by atoms with E-state index in [1.165, 1.54) is 6.07 Å². The number of aromatic nitrogens is 2. The second-order valence-corrected chi connectivity index (χ2v) is 10.3. The summed E-state index contributed by atoms with van der Waals surface area (Å²) in [6.45, 7) is 5.68. The molecular weight excluding hydrogens is 521 g/mol. The van der Waals surface area contributed by atoms with Crippen LogP contribution in [0.15, 0.2) is 79.1 Å². The predicted octanol–water partition coefficient (Wildman–Crippen LogP) is 6.74. The lowest BCUT2D eigenvalue weighted by Crippen LogP contribution is -2.30. The number of benzene rings is 2. The summed E-state index contributed by atoms with van der Waals surface area (Å²) in [4.78, 5) is 19.0. The van der Waals surface area contributed by atoms with E-state index in [1.807, 2.05) is 80.1 Å². The molecule has 2 aromatic carbocycles. The summed E-state index contributed by atoms with van der Waals surface area (Å²) in [7, 11) is 0. The standard InChI is InChI=1S/C29H27ClFN5OS/c1-17(2)28(37)33-23-12-10-20(15-18(23)3)36-27(26(34-29(36)38)24-7-4-5-13-32-24)25-8-6-14-35(25)19-9-11-22(31)21(30)16-19/h4-17,26-27H,1-3H3,(H,33,37)(H,34,38)/t26-,27+/m1/s1. The predicted molar refractivity (Wildman–Crippen MR) is 153 cm³/mol. The number of rotatable bonds is 6. The summed E-state index contributed by atoms with van der Waals surface area (Å²) in [6.07, 6.45) is 3.68. The molecule has 2 atom stereocenters. The molecule has 0 bridgehead atoms. The molecule has 4 aromatic rings. The highest BCUT2D eigenvalue weighted by atomic mass is 35.5. The van der Waals surface area contributed by atoms with Gasteiger partial charge in [-0.3, -0.25) is 9.78 Å². The first-order valence-corrected chi connectivity index (χ1v) is 13.1. The van der Waals surface area contributed by atoms with Gasteiger partial charge in [0.15, 0.2) is 5.11 Å². The average Bonchev–Trinajstić information content (AvgIpc) is 3.51. The summed E-state index contributed by atoms with van der Waals surface area (Å²) in [5.41, 5.74) is 5.04. The van der Waals surface area contributed by atoms with Crippen molar-refractivity contribution in [3.05, 3.63) is 107 Å². The number of nitrogens with one attached hydrogen (secondary N) is 2. The highest BCUT2D eigenvalue weighted by Gasteiger charge is 2.42. The average molecular weight is 548 g/mol. The maximum atomic E-state index is 13.9. The zero-order chi connectivity index (χ0) is 27.0. The highest BCUT2D eigenvalue weighted by molar-refractivity contribution is 7.80. The molecule has 2 aromatic heterocycles. The maximum Gasteiger partial charge on any atom is 0.226 e. The van der Waals surface area contributed by atoms with Gasteiger partial charge in [-0.25, -0.2) is 4.39 Å². The molecule has 194 valence electrons. The van der Waals surface area contributed by atoms with Crippen molar-refractivity contribution in [1.82, 2.24) is 14.9 Å². The molecule has 1 saturated heterocycles. The van der Waals surface area contributed by atoms with Crippen LogP contribution in [0.4, 0.5) is 15.8 Å². The number of nitrogens with zero attached hydrogens (tertiary/aromatic N) is 3. The van der Waals surface area contributed by atoms with E-state index >= 15 is 0 Å². The Balaban J connectivity index is 1.61. The molecule has 5 rings (SSSR count). The van der Waals surface area contributed by atoms with Gasteiger partial charge in [0.1, 0.15) is 11.9 Å². The fraction of sp³-hybridized carbons (Fsp3) is 0.207. The number of amides is 1. The Bertz CT molecular complexity index is 1510.